The van der Waals surface area contributed by atoms with Gasteiger partial charge in [0, 0.05) is 0 Å². The molecule has 3 rings (SSSR count). The van der Waals surface area contributed by atoms with Gasteiger partial charge in [-0.05, 0) is 41.8 Å². The Morgan fingerprint density at radius 2 is 1.95 bits per heavy atom. The smallest absolute Gasteiger partial charge is 0.262 e. The maximum atomic E-state index is 11.3. The Morgan fingerprint density at radius 3 is 2.70 bits per heavy atom. The van der Waals surface area contributed by atoms with Crippen molar-refractivity contribution in [3.63, 3.8) is 0 Å². The Labute approximate surface area is 116 Å². The lowest BCUT2D eigenvalue weighted by atomic mass is 9.99. The van der Waals surface area contributed by atoms with Crippen molar-refractivity contribution in [3.05, 3.63) is 47.5 Å². The number of aryl methyl sites for hydroxylation is 1. The van der Waals surface area contributed by atoms with Crippen molar-refractivity contribution in [2.24, 2.45) is 0 Å². The van der Waals surface area contributed by atoms with Crippen molar-refractivity contribution in [3.8, 4) is 22.9 Å². The molecular formula is C16H12N2O2. The zero-order chi connectivity index (χ0) is 14.1. The number of nitrogens with zero attached hydrogens (tertiary/aromatic N) is 1. The molecule has 4 heteroatoms. The fourth-order valence-corrected chi connectivity index (χ4v) is 2.23. The van der Waals surface area contributed by atoms with Crippen LogP contribution in [0.15, 0.2) is 36.4 Å². The summed E-state index contributed by atoms with van der Waals surface area (Å²) >= 11 is 0. The van der Waals surface area contributed by atoms with E-state index in [1.54, 1.807) is 6.07 Å². The Balaban J connectivity index is 2.03. The zero-order valence-corrected chi connectivity index (χ0v) is 10.9. The molecule has 0 aromatic heterocycles. The van der Waals surface area contributed by atoms with Crippen LogP contribution in [0.4, 0.5) is 5.69 Å². The topological polar surface area (TPSA) is 62.1 Å². The second-order valence-electron chi connectivity index (χ2n) is 4.69. The van der Waals surface area contributed by atoms with Gasteiger partial charge in [0.1, 0.15) is 5.75 Å². The Morgan fingerprint density at radius 1 is 1.20 bits per heavy atom. The number of rotatable bonds is 1. The highest BCUT2D eigenvalue weighted by Gasteiger charge is 2.16. The molecule has 0 radical (unpaired) electrons. The molecule has 0 spiro atoms. The molecule has 0 bridgehead atoms. The van der Waals surface area contributed by atoms with Crippen molar-refractivity contribution in [1.29, 1.82) is 5.26 Å². The summed E-state index contributed by atoms with van der Waals surface area (Å²) in [4.78, 5) is 11.3. The van der Waals surface area contributed by atoms with Crippen molar-refractivity contribution < 1.29 is 9.53 Å². The van der Waals surface area contributed by atoms with Crippen molar-refractivity contribution in [2.45, 2.75) is 6.92 Å². The normalized spacial score (nSPS) is 12.9. The van der Waals surface area contributed by atoms with E-state index in [0.29, 0.717) is 17.0 Å². The second kappa shape index (κ2) is 4.71. The number of nitriles is 1. The van der Waals surface area contributed by atoms with Gasteiger partial charge in [-0.2, -0.15) is 5.26 Å². The minimum absolute atomic E-state index is 0.0579. The van der Waals surface area contributed by atoms with E-state index in [1.807, 2.05) is 37.3 Å². The Bertz CT molecular complexity index is 745. The Hall–Kier alpha value is -2.80. The highest BCUT2D eigenvalue weighted by Crippen LogP contribution is 2.33. The lowest BCUT2D eigenvalue weighted by Gasteiger charge is -2.18. The van der Waals surface area contributed by atoms with Gasteiger partial charge in [0.25, 0.3) is 5.91 Å². The minimum Gasteiger partial charge on any atom is -0.482 e. The third kappa shape index (κ3) is 2.10. The number of benzene rings is 2. The number of carbonyl (C=O) groups is 1. The van der Waals surface area contributed by atoms with E-state index >= 15 is 0 Å². The number of hydrogen-bond donors (Lipinski definition) is 1. The van der Waals surface area contributed by atoms with Crippen LogP contribution in [0, 0.1) is 18.3 Å². The van der Waals surface area contributed by atoms with Gasteiger partial charge in [-0.3, -0.25) is 4.79 Å². The molecule has 20 heavy (non-hydrogen) atoms. The summed E-state index contributed by atoms with van der Waals surface area (Å²) in [7, 11) is 0. The van der Waals surface area contributed by atoms with E-state index < -0.39 is 0 Å². The zero-order valence-electron chi connectivity index (χ0n) is 10.9. The average molecular weight is 264 g/mol. The van der Waals surface area contributed by atoms with Crippen molar-refractivity contribution in [2.75, 3.05) is 11.9 Å². The molecule has 1 amide bonds. The minimum atomic E-state index is -0.148. The molecular weight excluding hydrogens is 252 g/mol. The van der Waals surface area contributed by atoms with E-state index in [0.717, 1.165) is 16.7 Å². The fourth-order valence-electron chi connectivity index (χ4n) is 2.23. The third-order valence-electron chi connectivity index (χ3n) is 3.29. The van der Waals surface area contributed by atoms with Gasteiger partial charge in [-0.25, -0.2) is 0 Å². The van der Waals surface area contributed by atoms with Gasteiger partial charge < -0.3 is 10.1 Å². The molecule has 1 aliphatic rings. The maximum absolute atomic E-state index is 11.3. The predicted molar refractivity (Wildman–Crippen MR) is 75.5 cm³/mol. The number of anilines is 1. The number of ether oxygens (including phenoxy) is 1. The Kier molecular flexibility index (Phi) is 2.88. The first-order valence-electron chi connectivity index (χ1n) is 6.25. The molecule has 0 saturated carbocycles. The molecule has 0 aliphatic carbocycles. The molecule has 0 atom stereocenters. The first kappa shape index (κ1) is 12.2. The highest BCUT2D eigenvalue weighted by atomic mass is 16.5. The summed E-state index contributed by atoms with van der Waals surface area (Å²) in [6, 6.07) is 13.5. The molecule has 1 N–H and O–H groups in total. The van der Waals surface area contributed by atoms with Gasteiger partial charge in [0.2, 0.25) is 0 Å². The van der Waals surface area contributed by atoms with Crippen LogP contribution in [-0.4, -0.2) is 12.5 Å². The SMILES string of the molecule is Cc1cc(-c2ccc3c(c2)NC(=O)CO3)ccc1C#N. The van der Waals surface area contributed by atoms with Crippen LogP contribution in [0.5, 0.6) is 5.75 Å². The van der Waals surface area contributed by atoms with Crippen molar-refractivity contribution >= 4 is 11.6 Å². The molecule has 2 aromatic rings. The number of hydrogen-bond acceptors (Lipinski definition) is 3. The lowest BCUT2D eigenvalue weighted by molar-refractivity contribution is -0.118. The summed E-state index contributed by atoms with van der Waals surface area (Å²) in [5, 5.41) is 11.7. The predicted octanol–water partition coefficient (Wildman–Crippen LogP) is 2.86. The van der Waals surface area contributed by atoms with Gasteiger partial charge in [-0.1, -0.05) is 18.2 Å². The number of nitrogens with one attached hydrogen (secondary N) is 1. The quantitative estimate of drug-likeness (QED) is 0.861. The summed E-state index contributed by atoms with van der Waals surface area (Å²) < 4.78 is 5.33. The van der Waals surface area contributed by atoms with Crippen LogP contribution in [0.1, 0.15) is 11.1 Å². The van der Waals surface area contributed by atoms with Gasteiger partial charge in [0.05, 0.1) is 17.3 Å². The molecule has 2 aromatic carbocycles. The summed E-state index contributed by atoms with van der Waals surface area (Å²) in [5.74, 6) is 0.532. The van der Waals surface area contributed by atoms with Crippen LogP contribution in [0.3, 0.4) is 0 Å². The average Bonchev–Trinajstić information content (AvgIpc) is 2.46. The molecule has 4 nitrogen and oxygen atoms in total. The fraction of sp³-hybridized carbons (Fsp3) is 0.125. The van der Waals surface area contributed by atoms with E-state index in [4.69, 9.17) is 10.00 Å². The number of fused-ring (bicyclic) bond motifs is 1. The van der Waals surface area contributed by atoms with Crippen LogP contribution < -0.4 is 10.1 Å². The van der Waals surface area contributed by atoms with Crippen LogP contribution in [0.2, 0.25) is 0 Å². The number of carbonyl (C=O) groups excluding carboxylic acids is 1. The molecule has 98 valence electrons. The number of amides is 1. The standard InChI is InChI=1S/C16H12N2O2/c1-10-6-11(2-3-13(10)8-17)12-4-5-15-14(7-12)18-16(19)9-20-15/h2-7H,9H2,1H3,(H,18,19). The third-order valence-corrected chi connectivity index (χ3v) is 3.29. The van der Waals surface area contributed by atoms with Gasteiger partial charge in [0.15, 0.2) is 6.61 Å². The van der Waals surface area contributed by atoms with Crippen LogP contribution in [0.25, 0.3) is 11.1 Å². The van der Waals surface area contributed by atoms with E-state index in [9.17, 15) is 4.79 Å². The van der Waals surface area contributed by atoms with Crippen LogP contribution >= 0.6 is 0 Å². The van der Waals surface area contributed by atoms with Crippen LogP contribution in [-0.2, 0) is 4.79 Å². The summed E-state index contributed by atoms with van der Waals surface area (Å²) in [5.41, 5.74) is 4.26. The monoisotopic (exact) mass is 264 g/mol. The molecule has 0 unspecified atom stereocenters. The lowest BCUT2D eigenvalue weighted by Crippen LogP contribution is -2.25. The van der Waals surface area contributed by atoms with Gasteiger partial charge in [-0.15, -0.1) is 0 Å². The van der Waals surface area contributed by atoms with E-state index in [2.05, 4.69) is 11.4 Å². The first-order chi connectivity index (χ1) is 9.67. The maximum Gasteiger partial charge on any atom is 0.262 e. The van der Waals surface area contributed by atoms with Crippen molar-refractivity contribution in [1.82, 2.24) is 0 Å². The summed E-state index contributed by atoms with van der Waals surface area (Å²) in [6.45, 7) is 1.97. The van der Waals surface area contributed by atoms with Gasteiger partial charge >= 0.3 is 0 Å². The van der Waals surface area contributed by atoms with E-state index in [-0.39, 0.29) is 12.5 Å². The molecule has 0 fully saturated rings. The molecule has 1 aliphatic heterocycles. The molecule has 0 saturated heterocycles. The highest BCUT2D eigenvalue weighted by molar-refractivity contribution is 5.96. The second-order valence-corrected chi connectivity index (χ2v) is 4.69. The first-order valence-corrected chi connectivity index (χ1v) is 6.25. The van der Waals surface area contributed by atoms with E-state index in [1.165, 1.54) is 0 Å². The molecule has 1 heterocycles. The summed E-state index contributed by atoms with van der Waals surface area (Å²) in [6.07, 6.45) is 0. The largest absolute Gasteiger partial charge is 0.482 e.